The zero-order chi connectivity index (χ0) is 14.1. The molecule has 3 heterocycles. The van der Waals surface area contributed by atoms with Crippen molar-refractivity contribution in [3.8, 4) is 5.69 Å². The molecule has 1 aromatic carbocycles. The largest absolute Gasteiger partial charge is 0.378 e. The number of morpholine rings is 1. The lowest BCUT2D eigenvalue weighted by molar-refractivity contribution is 0.122. The lowest BCUT2D eigenvalue weighted by Gasteiger charge is -2.28. The number of para-hydroxylation sites is 1. The van der Waals surface area contributed by atoms with Crippen molar-refractivity contribution in [3.63, 3.8) is 0 Å². The van der Waals surface area contributed by atoms with Gasteiger partial charge in [0.25, 0.3) is 0 Å². The van der Waals surface area contributed by atoms with Crippen LogP contribution < -0.4 is 4.90 Å². The normalized spacial score (nSPS) is 15.5. The second-order valence-corrected chi connectivity index (χ2v) is 5.03. The van der Waals surface area contributed by atoms with E-state index in [0.717, 1.165) is 49.1 Å². The Morgan fingerprint density at radius 3 is 2.57 bits per heavy atom. The van der Waals surface area contributed by atoms with Gasteiger partial charge in [0.15, 0.2) is 5.65 Å². The summed E-state index contributed by atoms with van der Waals surface area (Å²) >= 11 is 0. The zero-order valence-electron chi connectivity index (χ0n) is 11.6. The number of rotatable bonds is 2. The van der Waals surface area contributed by atoms with Crippen molar-refractivity contribution >= 4 is 17.1 Å². The Balaban J connectivity index is 1.92. The van der Waals surface area contributed by atoms with Gasteiger partial charge in [0, 0.05) is 25.0 Å². The third-order valence-corrected chi connectivity index (χ3v) is 3.72. The molecule has 1 aliphatic rings. The molecule has 3 aromatic rings. The van der Waals surface area contributed by atoms with E-state index in [4.69, 9.17) is 9.72 Å². The van der Waals surface area contributed by atoms with Gasteiger partial charge in [0.05, 0.1) is 18.7 Å². The van der Waals surface area contributed by atoms with Gasteiger partial charge < -0.3 is 9.64 Å². The van der Waals surface area contributed by atoms with Crippen molar-refractivity contribution in [1.82, 2.24) is 14.5 Å². The van der Waals surface area contributed by atoms with Crippen LogP contribution in [-0.2, 0) is 4.74 Å². The molecule has 0 radical (unpaired) electrons. The Bertz CT molecular complexity index is 747. The van der Waals surface area contributed by atoms with Crippen molar-refractivity contribution in [3.05, 3.63) is 48.7 Å². The van der Waals surface area contributed by atoms with Gasteiger partial charge in [-0.15, -0.1) is 0 Å². The van der Waals surface area contributed by atoms with Gasteiger partial charge >= 0.3 is 0 Å². The van der Waals surface area contributed by atoms with E-state index in [1.54, 1.807) is 6.20 Å². The van der Waals surface area contributed by atoms with Crippen molar-refractivity contribution in [1.29, 1.82) is 0 Å². The number of fused-ring (bicyclic) bond motifs is 1. The molecule has 0 saturated carbocycles. The van der Waals surface area contributed by atoms with Gasteiger partial charge in [-0.3, -0.25) is 4.57 Å². The summed E-state index contributed by atoms with van der Waals surface area (Å²) in [5.74, 6) is 0.943. The molecule has 0 bridgehead atoms. The number of pyridine rings is 1. The highest BCUT2D eigenvalue weighted by Gasteiger charge is 2.20. The van der Waals surface area contributed by atoms with Crippen LogP contribution in [0.3, 0.4) is 0 Å². The van der Waals surface area contributed by atoms with Crippen molar-refractivity contribution in [2.24, 2.45) is 0 Å². The summed E-state index contributed by atoms with van der Waals surface area (Å²) in [6, 6.07) is 14.3. The maximum atomic E-state index is 5.45. The molecule has 1 aliphatic heterocycles. The standard InChI is InChI=1S/C16H16N4O/c1-2-5-13(6-3-1)20-14-7-4-8-17-15(14)18-16(20)19-9-11-21-12-10-19/h1-8H,9-12H2. The van der Waals surface area contributed by atoms with Gasteiger partial charge in [0.2, 0.25) is 5.95 Å². The molecule has 5 heteroatoms. The van der Waals surface area contributed by atoms with Crippen LogP contribution >= 0.6 is 0 Å². The molecule has 4 rings (SSSR count). The van der Waals surface area contributed by atoms with E-state index < -0.39 is 0 Å². The quantitative estimate of drug-likeness (QED) is 0.722. The fourth-order valence-electron chi connectivity index (χ4n) is 2.71. The van der Waals surface area contributed by atoms with Crippen LogP contribution in [0, 0.1) is 0 Å². The molecular formula is C16H16N4O. The Kier molecular flexibility index (Phi) is 3.05. The molecule has 21 heavy (non-hydrogen) atoms. The molecule has 0 spiro atoms. The third kappa shape index (κ3) is 2.15. The molecule has 0 atom stereocenters. The average Bonchev–Trinajstić information content (AvgIpc) is 2.96. The first-order valence-electron chi connectivity index (χ1n) is 7.15. The van der Waals surface area contributed by atoms with Crippen LogP contribution in [0.25, 0.3) is 16.9 Å². The van der Waals surface area contributed by atoms with E-state index in [0.29, 0.717) is 0 Å². The van der Waals surface area contributed by atoms with Crippen LogP contribution in [0.15, 0.2) is 48.7 Å². The van der Waals surface area contributed by atoms with E-state index in [1.165, 1.54) is 0 Å². The predicted molar refractivity (Wildman–Crippen MR) is 81.9 cm³/mol. The molecule has 1 saturated heterocycles. The smallest absolute Gasteiger partial charge is 0.212 e. The first-order valence-corrected chi connectivity index (χ1v) is 7.15. The summed E-state index contributed by atoms with van der Waals surface area (Å²) < 4.78 is 7.62. The highest BCUT2D eigenvalue weighted by atomic mass is 16.5. The van der Waals surface area contributed by atoms with E-state index in [2.05, 4.69) is 32.7 Å². The van der Waals surface area contributed by atoms with Crippen molar-refractivity contribution < 1.29 is 4.74 Å². The fourth-order valence-corrected chi connectivity index (χ4v) is 2.71. The van der Waals surface area contributed by atoms with Crippen LogP contribution in [0.2, 0.25) is 0 Å². The van der Waals surface area contributed by atoms with Gasteiger partial charge in [-0.1, -0.05) is 18.2 Å². The Morgan fingerprint density at radius 1 is 0.952 bits per heavy atom. The molecule has 5 nitrogen and oxygen atoms in total. The van der Waals surface area contributed by atoms with Crippen LogP contribution in [0.4, 0.5) is 5.95 Å². The van der Waals surface area contributed by atoms with Gasteiger partial charge in [-0.2, -0.15) is 4.98 Å². The van der Waals surface area contributed by atoms with Gasteiger partial charge in [0.1, 0.15) is 0 Å². The minimum Gasteiger partial charge on any atom is -0.378 e. The summed E-state index contributed by atoms with van der Waals surface area (Å²) in [5.41, 5.74) is 2.92. The minimum absolute atomic E-state index is 0.741. The molecule has 106 valence electrons. The van der Waals surface area contributed by atoms with E-state index in [1.807, 2.05) is 24.3 Å². The van der Waals surface area contributed by atoms with Crippen LogP contribution in [-0.4, -0.2) is 40.8 Å². The molecule has 0 aliphatic carbocycles. The molecular weight excluding hydrogens is 264 g/mol. The number of ether oxygens (including phenoxy) is 1. The maximum Gasteiger partial charge on any atom is 0.212 e. The Labute approximate surface area is 122 Å². The second-order valence-electron chi connectivity index (χ2n) is 5.03. The SMILES string of the molecule is c1ccc(-n2c(N3CCOCC3)nc3ncccc32)cc1. The second kappa shape index (κ2) is 5.18. The van der Waals surface area contributed by atoms with Crippen LogP contribution in [0.5, 0.6) is 0 Å². The Morgan fingerprint density at radius 2 is 1.76 bits per heavy atom. The Hall–Kier alpha value is -2.40. The number of benzene rings is 1. The summed E-state index contributed by atoms with van der Waals surface area (Å²) in [5, 5.41) is 0. The van der Waals surface area contributed by atoms with E-state index in [-0.39, 0.29) is 0 Å². The number of imidazole rings is 1. The molecule has 0 amide bonds. The lowest BCUT2D eigenvalue weighted by Crippen LogP contribution is -2.37. The highest BCUT2D eigenvalue weighted by molar-refractivity contribution is 5.77. The topological polar surface area (TPSA) is 43.2 Å². The monoisotopic (exact) mass is 280 g/mol. The highest BCUT2D eigenvalue weighted by Crippen LogP contribution is 2.26. The molecule has 2 aromatic heterocycles. The van der Waals surface area contributed by atoms with E-state index >= 15 is 0 Å². The summed E-state index contributed by atoms with van der Waals surface area (Å²) in [7, 11) is 0. The number of nitrogens with zero attached hydrogens (tertiary/aromatic N) is 4. The summed E-state index contributed by atoms with van der Waals surface area (Å²) in [6.45, 7) is 3.20. The van der Waals surface area contributed by atoms with Crippen molar-refractivity contribution in [2.75, 3.05) is 31.2 Å². The van der Waals surface area contributed by atoms with E-state index in [9.17, 15) is 0 Å². The number of aromatic nitrogens is 3. The van der Waals surface area contributed by atoms with Gasteiger partial charge in [-0.05, 0) is 24.3 Å². The number of hydrogen-bond donors (Lipinski definition) is 0. The van der Waals surface area contributed by atoms with Gasteiger partial charge in [-0.25, -0.2) is 4.98 Å². The zero-order valence-corrected chi connectivity index (χ0v) is 11.6. The lowest BCUT2D eigenvalue weighted by atomic mass is 10.3. The minimum atomic E-state index is 0.741. The summed E-state index contributed by atoms with van der Waals surface area (Å²) in [6.07, 6.45) is 1.79. The predicted octanol–water partition coefficient (Wildman–Crippen LogP) is 2.26. The van der Waals surface area contributed by atoms with Crippen molar-refractivity contribution in [2.45, 2.75) is 0 Å². The first kappa shape index (κ1) is 12.3. The maximum absolute atomic E-state index is 5.45. The fraction of sp³-hybridized carbons (Fsp3) is 0.250. The van der Waals surface area contributed by atoms with Crippen LogP contribution in [0.1, 0.15) is 0 Å². The third-order valence-electron chi connectivity index (χ3n) is 3.72. The first-order chi connectivity index (χ1) is 10.4. The molecule has 1 fully saturated rings. The number of anilines is 1. The number of hydrogen-bond acceptors (Lipinski definition) is 4. The molecule has 0 N–H and O–H groups in total. The average molecular weight is 280 g/mol. The summed E-state index contributed by atoms with van der Waals surface area (Å²) in [4.78, 5) is 11.4. The molecule has 0 unspecified atom stereocenters.